The van der Waals surface area contributed by atoms with Gasteiger partial charge in [-0.05, 0) is 57.5 Å². The van der Waals surface area contributed by atoms with Crippen LogP contribution in [0.1, 0.15) is 5.56 Å². The van der Waals surface area contributed by atoms with E-state index in [2.05, 4.69) is 91.9 Å². The first-order valence-corrected chi connectivity index (χ1v) is 8.16. The second-order valence-corrected chi connectivity index (χ2v) is 6.98. The van der Waals surface area contributed by atoms with Gasteiger partial charge in [0.25, 0.3) is 0 Å². The Kier molecular flexibility index (Phi) is 3.89. The molecule has 0 bridgehead atoms. The van der Waals surface area contributed by atoms with E-state index in [0.717, 1.165) is 0 Å². The molecule has 0 N–H and O–H groups in total. The molecule has 0 atom stereocenters. The summed E-state index contributed by atoms with van der Waals surface area (Å²) in [6.45, 7) is 2.20. The first kappa shape index (κ1) is 13.0. The molecule has 3 rings (SSSR count). The number of benzene rings is 3. The minimum absolute atomic E-state index is 0.467. The summed E-state index contributed by atoms with van der Waals surface area (Å²) in [5.74, 6) is 0. The molecule has 3 aromatic rings. The number of hydrogen-bond acceptors (Lipinski definition) is 0. The van der Waals surface area contributed by atoms with Gasteiger partial charge >= 0.3 is 0 Å². The Labute approximate surface area is 123 Å². The number of thiol groups is 1. The van der Waals surface area contributed by atoms with Gasteiger partial charge in [-0.3, -0.25) is 0 Å². The van der Waals surface area contributed by atoms with Crippen molar-refractivity contribution in [3.63, 3.8) is 0 Å². The van der Waals surface area contributed by atoms with Crippen LogP contribution in [-0.2, 0) is 0 Å². The Morgan fingerprint density at radius 2 is 1.00 bits per heavy atom. The molecule has 0 heterocycles. The quantitative estimate of drug-likeness (QED) is 0.603. The van der Waals surface area contributed by atoms with Gasteiger partial charge in [0.05, 0.1) is 0 Å². The Bertz CT molecular complexity index is 635. The van der Waals surface area contributed by atoms with Crippen molar-refractivity contribution in [1.82, 2.24) is 0 Å². The molecule has 0 aliphatic heterocycles. The Morgan fingerprint density at radius 1 is 0.550 bits per heavy atom. The monoisotopic (exact) mass is 278 g/mol. The molecule has 0 aliphatic rings. The van der Waals surface area contributed by atoms with Crippen LogP contribution in [0.3, 0.4) is 0 Å². The minimum atomic E-state index is -0.467. The molecule has 0 aromatic heterocycles. The highest BCUT2D eigenvalue weighted by Gasteiger charge is 2.13. The minimum Gasteiger partial charge on any atom is -0.173 e. The molecule has 0 saturated heterocycles. The SMILES string of the molecule is Cc1ccccc1[SH](c1ccccc1)c1ccccc1. The fourth-order valence-corrected chi connectivity index (χ4v) is 4.85. The summed E-state index contributed by atoms with van der Waals surface area (Å²) >= 11 is 0. The van der Waals surface area contributed by atoms with Crippen LogP contribution in [0.4, 0.5) is 0 Å². The molecule has 0 amide bonds. The highest BCUT2D eigenvalue weighted by Crippen LogP contribution is 2.52. The zero-order chi connectivity index (χ0) is 13.8. The first-order valence-electron chi connectivity index (χ1n) is 6.82. The van der Waals surface area contributed by atoms with E-state index in [0.29, 0.717) is 0 Å². The summed E-state index contributed by atoms with van der Waals surface area (Å²) in [5, 5.41) is 0. The largest absolute Gasteiger partial charge is 0.173 e. The topological polar surface area (TPSA) is 0 Å². The van der Waals surface area contributed by atoms with Crippen LogP contribution in [-0.4, -0.2) is 0 Å². The summed E-state index contributed by atoms with van der Waals surface area (Å²) in [6, 6.07) is 30.4. The van der Waals surface area contributed by atoms with Crippen molar-refractivity contribution in [3.8, 4) is 0 Å². The third-order valence-electron chi connectivity index (χ3n) is 3.39. The van der Waals surface area contributed by atoms with Crippen molar-refractivity contribution in [2.45, 2.75) is 21.6 Å². The zero-order valence-corrected chi connectivity index (χ0v) is 12.4. The summed E-state index contributed by atoms with van der Waals surface area (Å²) in [7, 11) is -0.467. The smallest absolute Gasteiger partial charge is 0.00158 e. The van der Waals surface area contributed by atoms with Gasteiger partial charge in [-0.1, -0.05) is 54.6 Å². The standard InChI is InChI=1S/C19H18S/c1-16-10-8-9-15-19(16)20(17-11-4-2-5-12-17)18-13-6-3-7-14-18/h2-15,20H,1H3. The van der Waals surface area contributed by atoms with Gasteiger partial charge in [-0.25, -0.2) is 0 Å². The molecular weight excluding hydrogens is 260 g/mol. The first-order chi connectivity index (χ1) is 9.86. The highest BCUT2D eigenvalue weighted by atomic mass is 32.2. The lowest BCUT2D eigenvalue weighted by atomic mass is 10.2. The van der Waals surface area contributed by atoms with Gasteiger partial charge in [0, 0.05) is 0 Å². The van der Waals surface area contributed by atoms with Gasteiger partial charge in [-0.2, -0.15) is 10.9 Å². The van der Waals surface area contributed by atoms with Crippen molar-refractivity contribution in [2.24, 2.45) is 0 Å². The molecule has 100 valence electrons. The molecule has 1 heteroatoms. The van der Waals surface area contributed by atoms with E-state index < -0.39 is 10.9 Å². The predicted molar refractivity (Wildman–Crippen MR) is 87.8 cm³/mol. The highest BCUT2D eigenvalue weighted by molar-refractivity contribution is 8.17. The number of aryl methyl sites for hydroxylation is 1. The van der Waals surface area contributed by atoms with E-state index in [1.165, 1.54) is 20.2 Å². The van der Waals surface area contributed by atoms with E-state index in [1.807, 2.05) is 0 Å². The lowest BCUT2D eigenvalue weighted by molar-refractivity contribution is 1.26. The van der Waals surface area contributed by atoms with Gasteiger partial charge in [0.2, 0.25) is 0 Å². The fourth-order valence-electron chi connectivity index (χ4n) is 2.40. The van der Waals surface area contributed by atoms with Crippen molar-refractivity contribution in [3.05, 3.63) is 90.5 Å². The van der Waals surface area contributed by atoms with Gasteiger partial charge in [0.1, 0.15) is 0 Å². The summed E-state index contributed by atoms with van der Waals surface area (Å²) in [6.07, 6.45) is 0. The number of hydrogen-bond donors (Lipinski definition) is 1. The summed E-state index contributed by atoms with van der Waals surface area (Å²) < 4.78 is 0. The third kappa shape index (κ3) is 2.63. The Hall–Kier alpha value is -1.99. The van der Waals surface area contributed by atoms with E-state index >= 15 is 0 Å². The predicted octanol–water partition coefficient (Wildman–Crippen LogP) is 5.47. The summed E-state index contributed by atoms with van der Waals surface area (Å²) in [4.78, 5) is 4.26. The molecule has 0 radical (unpaired) electrons. The maximum Gasteiger partial charge on any atom is -0.00158 e. The molecule has 3 aromatic carbocycles. The van der Waals surface area contributed by atoms with Crippen LogP contribution in [0, 0.1) is 6.92 Å². The van der Waals surface area contributed by atoms with Crippen LogP contribution in [0.25, 0.3) is 0 Å². The molecule has 0 aliphatic carbocycles. The third-order valence-corrected chi connectivity index (χ3v) is 6.00. The van der Waals surface area contributed by atoms with E-state index in [1.54, 1.807) is 0 Å². The van der Waals surface area contributed by atoms with Crippen molar-refractivity contribution >= 4 is 10.9 Å². The summed E-state index contributed by atoms with van der Waals surface area (Å²) in [5.41, 5.74) is 1.37. The van der Waals surface area contributed by atoms with E-state index in [4.69, 9.17) is 0 Å². The zero-order valence-electron chi connectivity index (χ0n) is 11.5. The van der Waals surface area contributed by atoms with Gasteiger partial charge in [0.15, 0.2) is 0 Å². The Morgan fingerprint density at radius 3 is 1.50 bits per heavy atom. The second kappa shape index (κ2) is 5.98. The molecule has 0 fully saturated rings. The van der Waals surface area contributed by atoms with E-state index in [-0.39, 0.29) is 0 Å². The van der Waals surface area contributed by atoms with Crippen molar-refractivity contribution in [1.29, 1.82) is 0 Å². The van der Waals surface area contributed by atoms with Crippen molar-refractivity contribution in [2.75, 3.05) is 0 Å². The lowest BCUT2D eigenvalue weighted by Gasteiger charge is -2.24. The van der Waals surface area contributed by atoms with Crippen LogP contribution in [0.5, 0.6) is 0 Å². The normalized spacial score (nSPS) is 11.2. The fraction of sp³-hybridized carbons (Fsp3) is 0.0526. The van der Waals surface area contributed by atoms with Crippen LogP contribution >= 0.6 is 10.9 Å². The average Bonchev–Trinajstić information content (AvgIpc) is 2.52. The molecule has 0 saturated carbocycles. The molecule has 0 nitrogen and oxygen atoms in total. The van der Waals surface area contributed by atoms with Crippen molar-refractivity contribution < 1.29 is 0 Å². The molecule has 20 heavy (non-hydrogen) atoms. The molecule has 0 spiro atoms. The van der Waals surface area contributed by atoms with Crippen LogP contribution < -0.4 is 0 Å². The van der Waals surface area contributed by atoms with Gasteiger partial charge < -0.3 is 0 Å². The molecule has 0 unspecified atom stereocenters. The molecular formula is C19H18S. The lowest BCUT2D eigenvalue weighted by Crippen LogP contribution is -1.90. The number of rotatable bonds is 3. The maximum atomic E-state index is 2.26. The van der Waals surface area contributed by atoms with Crippen LogP contribution in [0.2, 0.25) is 0 Å². The Balaban J connectivity index is 2.17. The average molecular weight is 278 g/mol. The van der Waals surface area contributed by atoms with E-state index in [9.17, 15) is 0 Å². The maximum absolute atomic E-state index is 2.26. The van der Waals surface area contributed by atoms with Gasteiger partial charge in [-0.15, -0.1) is 0 Å². The second-order valence-electron chi connectivity index (χ2n) is 4.79. The van der Waals surface area contributed by atoms with Crippen LogP contribution in [0.15, 0.2) is 99.6 Å².